The van der Waals surface area contributed by atoms with E-state index >= 15 is 0 Å². The molecule has 1 saturated heterocycles. The number of halogens is 1. The highest BCUT2D eigenvalue weighted by molar-refractivity contribution is 6.31. The lowest BCUT2D eigenvalue weighted by Crippen LogP contribution is -2.56. The lowest BCUT2D eigenvalue weighted by atomic mass is 9.87. The molecule has 23 heavy (non-hydrogen) atoms. The van der Waals surface area contributed by atoms with Crippen LogP contribution in [0.2, 0.25) is 5.02 Å². The summed E-state index contributed by atoms with van der Waals surface area (Å²) in [6.07, 6.45) is 0. The molecule has 2 atom stereocenters. The van der Waals surface area contributed by atoms with Gasteiger partial charge in [-0.1, -0.05) is 31.5 Å². The van der Waals surface area contributed by atoms with E-state index in [0.29, 0.717) is 23.7 Å². The molecule has 1 N–H and O–H groups in total. The molecule has 3 rings (SSSR count). The summed E-state index contributed by atoms with van der Waals surface area (Å²) in [5.74, 6) is 0.167. The van der Waals surface area contributed by atoms with Gasteiger partial charge in [-0.05, 0) is 31.5 Å². The van der Waals surface area contributed by atoms with Gasteiger partial charge in [0.15, 0.2) is 0 Å². The number of amides is 1. The number of anilines is 1. The van der Waals surface area contributed by atoms with Crippen molar-refractivity contribution in [1.82, 2.24) is 10.2 Å². The topological polar surface area (TPSA) is 35.6 Å². The molecule has 0 unspecified atom stereocenters. The zero-order valence-electron chi connectivity index (χ0n) is 14.4. The standard InChI is InChI=1S/C18H26ClN3O/c1-12-9-21(13(2)8-20-12)10-17(23)22-11-18(3,4)15-6-5-14(19)7-16(15)22/h5-7,12-13,20H,8-11H2,1-4H3/t12-,13+/m1/s1. The minimum Gasteiger partial charge on any atom is -0.311 e. The van der Waals surface area contributed by atoms with Crippen LogP contribution in [0.5, 0.6) is 0 Å². The number of hydrogen-bond donors (Lipinski definition) is 1. The van der Waals surface area contributed by atoms with E-state index in [1.807, 2.05) is 17.0 Å². The summed E-state index contributed by atoms with van der Waals surface area (Å²) in [7, 11) is 0. The summed E-state index contributed by atoms with van der Waals surface area (Å²) in [6, 6.07) is 6.70. The zero-order valence-corrected chi connectivity index (χ0v) is 15.2. The molecule has 1 aromatic carbocycles. The van der Waals surface area contributed by atoms with Gasteiger partial charge >= 0.3 is 0 Å². The Morgan fingerprint density at radius 3 is 2.87 bits per heavy atom. The largest absolute Gasteiger partial charge is 0.311 e. The average molecular weight is 336 g/mol. The van der Waals surface area contributed by atoms with E-state index in [2.05, 4.69) is 44.0 Å². The van der Waals surface area contributed by atoms with Crippen molar-refractivity contribution < 1.29 is 4.79 Å². The van der Waals surface area contributed by atoms with Crippen molar-refractivity contribution in [3.63, 3.8) is 0 Å². The molecule has 2 aliphatic rings. The van der Waals surface area contributed by atoms with E-state index in [4.69, 9.17) is 11.6 Å². The molecule has 2 heterocycles. The smallest absolute Gasteiger partial charge is 0.241 e. The Morgan fingerprint density at radius 1 is 1.39 bits per heavy atom. The average Bonchev–Trinajstić information content (AvgIpc) is 2.74. The maximum atomic E-state index is 12.9. The molecule has 0 radical (unpaired) electrons. The van der Waals surface area contributed by atoms with Gasteiger partial charge in [0.25, 0.3) is 0 Å². The molecule has 0 saturated carbocycles. The molecular weight excluding hydrogens is 310 g/mol. The highest BCUT2D eigenvalue weighted by Crippen LogP contribution is 2.41. The quantitative estimate of drug-likeness (QED) is 0.902. The van der Waals surface area contributed by atoms with Gasteiger partial charge in [0.1, 0.15) is 0 Å². The first-order valence-corrected chi connectivity index (χ1v) is 8.73. The van der Waals surface area contributed by atoms with Gasteiger partial charge in [-0.3, -0.25) is 9.69 Å². The normalized spacial score (nSPS) is 27.1. The fourth-order valence-corrected chi connectivity index (χ4v) is 3.83. The maximum Gasteiger partial charge on any atom is 0.241 e. The number of rotatable bonds is 2. The molecule has 2 aliphatic heterocycles. The third kappa shape index (κ3) is 3.25. The minimum atomic E-state index is -0.0298. The van der Waals surface area contributed by atoms with Crippen molar-refractivity contribution in [3.05, 3.63) is 28.8 Å². The Kier molecular flexibility index (Phi) is 4.43. The summed E-state index contributed by atoms with van der Waals surface area (Å²) in [5, 5.41) is 4.14. The number of nitrogens with one attached hydrogen (secondary N) is 1. The van der Waals surface area contributed by atoms with Crippen LogP contribution >= 0.6 is 11.6 Å². The van der Waals surface area contributed by atoms with E-state index in [-0.39, 0.29) is 11.3 Å². The third-order valence-corrected chi connectivity index (χ3v) is 5.30. The van der Waals surface area contributed by atoms with Crippen molar-refractivity contribution in [2.45, 2.75) is 45.2 Å². The summed E-state index contributed by atoms with van der Waals surface area (Å²) >= 11 is 6.16. The van der Waals surface area contributed by atoms with Crippen LogP contribution in [-0.4, -0.2) is 49.1 Å². The van der Waals surface area contributed by atoms with Gasteiger partial charge in [-0.15, -0.1) is 0 Å². The minimum absolute atomic E-state index is 0.0298. The second-order valence-corrected chi connectivity index (χ2v) is 8.05. The van der Waals surface area contributed by atoms with Crippen LogP contribution in [0.15, 0.2) is 18.2 Å². The van der Waals surface area contributed by atoms with E-state index in [9.17, 15) is 4.79 Å². The predicted molar refractivity (Wildman–Crippen MR) is 95.3 cm³/mol. The van der Waals surface area contributed by atoms with Crippen LogP contribution in [0.25, 0.3) is 0 Å². The number of hydrogen-bond acceptors (Lipinski definition) is 3. The first kappa shape index (κ1) is 16.7. The van der Waals surface area contributed by atoms with Gasteiger partial charge in [-0.25, -0.2) is 0 Å². The first-order chi connectivity index (χ1) is 10.8. The van der Waals surface area contributed by atoms with E-state index < -0.39 is 0 Å². The number of piperazine rings is 1. The van der Waals surface area contributed by atoms with Crippen LogP contribution < -0.4 is 10.2 Å². The molecule has 5 heteroatoms. The number of benzene rings is 1. The molecule has 0 bridgehead atoms. The fraction of sp³-hybridized carbons (Fsp3) is 0.611. The highest BCUT2D eigenvalue weighted by atomic mass is 35.5. The number of fused-ring (bicyclic) bond motifs is 1. The molecule has 1 fully saturated rings. The monoisotopic (exact) mass is 335 g/mol. The highest BCUT2D eigenvalue weighted by Gasteiger charge is 2.38. The van der Waals surface area contributed by atoms with Gasteiger partial charge in [-0.2, -0.15) is 0 Å². The molecule has 1 amide bonds. The van der Waals surface area contributed by atoms with Crippen molar-refractivity contribution >= 4 is 23.2 Å². The van der Waals surface area contributed by atoms with Gasteiger partial charge in [0, 0.05) is 47.8 Å². The van der Waals surface area contributed by atoms with Crippen LogP contribution in [0.4, 0.5) is 5.69 Å². The second kappa shape index (κ2) is 6.08. The lowest BCUT2D eigenvalue weighted by Gasteiger charge is -2.37. The fourth-order valence-electron chi connectivity index (χ4n) is 3.67. The summed E-state index contributed by atoms with van der Waals surface area (Å²) < 4.78 is 0. The second-order valence-electron chi connectivity index (χ2n) is 7.61. The Morgan fingerprint density at radius 2 is 2.13 bits per heavy atom. The number of carbonyl (C=O) groups is 1. The molecule has 4 nitrogen and oxygen atoms in total. The van der Waals surface area contributed by atoms with Crippen molar-refractivity contribution in [2.24, 2.45) is 0 Å². The molecule has 0 spiro atoms. The van der Waals surface area contributed by atoms with Crippen LogP contribution in [-0.2, 0) is 10.2 Å². The van der Waals surface area contributed by atoms with Gasteiger partial charge in [0.05, 0.1) is 6.54 Å². The predicted octanol–water partition coefficient (Wildman–Crippen LogP) is 2.65. The summed E-state index contributed by atoms with van der Waals surface area (Å²) in [6.45, 7) is 11.7. The molecular formula is C18H26ClN3O. The third-order valence-electron chi connectivity index (χ3n) is 5.07. The molecule has 0 aliphatic carbocycles. The summed E-state index contributed by atoms with van der Waals surface area (Å²) in [4.78, 5) is 17.1. The Labute approximate surface area is 143 Å². The van der Waals surface area contributed by atoms with Crippen LogP contribution in [0.3, 0.4) is 0 Å². The van der Waals surface area contributed by atoms with Crippen molar-refractivity contribution in [2.75, 3.05) is 31.1 Å². The summed E-state index contributed by atoms with van der Waals surface area (Å²) in [5.41, 5.74) is 2.15. The lowest BCUT2D eigenvalue weighted by molar-refractivity contribution is -0.120. The zero-order chi connectivity index (χ0) is 16.8. The SMILES string of the molecule is C[C@@H]1CN(CC(=O)N2CC(C)(C)c3ccc(Cl)cc32)[C@@H](C)CN1. The molecule has 1 aromatic rings. The maximum absolute atomic E-state index is 12.9. The van der Waals surface area contributed by atoms with E-state index in [1.165, 1.54) is 5.56 Å². The van der Waals surface area contributed by atoms with Crippen LogP contribution in [0.1, 0.15) is 33.3 Å². The van der Waals surface area contributed by atoms with E-state index in [0.717, 1.165) is 25.3 Å². The molecule has 126 valence electrons. The van der Waals surface area contributed by atoms with Gasteiger partial charge < -0.3 is 10.2 Å². The van der Waals surface area contributed by atoms with E-state index in [1.54, 1.807) is 0 Å². The number of carbonyl (C=O) groups excluding carboxylic acids is 1. The Hall–Kier alpha value is -1.10. The Balaban J connectivity index is 1.80. The van der Waals surface area contributed by atoms with Gasteiger partial charge in [0.2, 0.25) is 5.91 Å². The number of nitrogens with zero attached hydrogens (tertiary/aromatic N) is 2. The molecule has 0 aromatic heterocycles. The first-order valence-electron chi connectivity index (χ1n) is 8.36. The van der Waals surface area contributed by atoms with Crippen LogP contribution in [0, 0.1) is 0 Å². The van der Waals surface area contributed by atoms with Crippen molar-refractivity contribution in [3.8, 4) is 0 Å². The van der Waals surface area contributed by atoms with Crippen molar-refractivity contribution in [1.29, 1.82) is 0 Å². The Bertz CT molecular complexity index is 616.